The number of aromatic nitrogens is 1. The highest BCUT2D eigenvalue weighted by atomic mass is 15.2. The van der Waals surface area contributed by atoms with E-state index in [1.807, 2.05) is 0 Å². The van der Waals surface area contributed by atoms with E-state index in [1.54, 1.807) is 0 Å². The van der Waals surface area contributed by atoms with Crippen molar-refractivity contribution >= 4 is 10.9 Å². The van der Waals surface area contributed by atoms with Crippen LogP contribution >= 0.6 is 0 Å². The molecule has 112 valence electrons. The smallest absolute Gasteiger partial charge is 0.0459 e. The van der Waals surface area contributed by atoms with Crippen LogP contribution in [0.25, 0.3) is 10.9 Å². The van der Waals surface area contributed by atoms with Crippen LogP contribution in [0.4, 0.5) is 0 Å². The number of para-hydroxylation sites is 1. The van der Waals surface area contributed by atoms with Gasteiger partial charge in [-0.05, 0) is 62.9 Å². The van der Waals surface area contributed by atoms with Gasteiger partial charge in [0.25, 0.3) is 0 Å². The predicted octanol–water partition coefficient (Wildman–Crippen LogP) is 3.05. The zero-order valence-corrected chi connectivity index (χ0v) is 12.9. The highest BCUT2D eigenvalue weighted by Crippen LogP contribution is 2.39. The van der Waals surface area contributed by atoms with E-state index >= 15 is 0 Å². The van der Waals surface area contributed by atoms with Gasteiger partial charge in [0.1, 0.15) is 0 Å². The Morgan fingerprint density at radius 2 is 1.95 bits per heavy atom. The number of aryl methyl sites for hydroxylation is 1. The summed E-state index contributed by atoms with van der Waals surface area (Å²) in [6.45, 7) is 8.28. The lowest BCUT2D eigenvalue weighted by Crippen LogP contribution is -2.38. The molecule has 0 bridgehead atoms. The van der Waals surface area contributed by atoms with Crippen LogP contribution in [0.5, 0.6) is 0 Å². The van der Waals surface area contributed by atoms with Gasteiger partial charge in [-0.1, -0.05) is 18.2 Å². The van der Waals surface area contributed by atoms with E-state index in [0.29, 0.717) is 5.41 Å². The summed E-state index contributed by atoms with van der Waals surface area (Å²) in [4.78, 5) is 6.21. The molecule has 2 aromatic rings. The molecule has 2 aliphatic rings. The van der Waals surface area contributed by atoms with Gasteiger partial charge in [-0.3, -0.25) is 4.90 Å². The van der Waals surface area contributed by atoms with E-state index in [4.69, 9.17) is 0 Å². The summed E-state index contributed by atoms with van der Waals surface area (Å²) in [7, 11) is 0. The number of nitrogens with zero attached hydrogens (tertiary/aromatic N) is 1. The number of hydrogen-bond acceptors (Lipinski definition) is 2. The number of aromatic amines is 1. The number of nitrogens with one attached hydrogen (secondary N) is 2. The van der Waals surface area contributed by atoms with Gasteiger partial charge in [0, 0.05) is 29.7 Å². The molecule has 1 aromatic heterocycles. The highest BCUT2D eigenvalue weighted by Gasteiger charge is 2.38. The van der Waals surface area contributed by atoms with Crippen molar-refractivity contribution < 1.29 is 0 Å². The van der Waals surface area contributed by atoms with E-state index in [0.717, 1.165) is 6.54 Å². The molecule has 2 fully saturated rings. The van der Waals surface area contributed by atoms with Crippen LogP contribution in [0.2, 0.25) is 0 Å². The van der Waals surface area contributed by atoms with Crippen LogP contribution in [-0.2, 0) is 6.54 Å². The molecule has 3 heteroatoms. The Balaban J connectivity index is 1.54. The molecule has 0 unspecified atom stereocenters. The summed E-state index contributed by atoms with van der Waals surface area (Å²) >= 11 is 0. The molecule has 2 saturated heterocycles. The van der Waals surface area contributed by atoms with Crippen LogP contribution in [0.1, 0.15) is 30.5 Å². The summed E-state index contributed by atoms with van der Waals surface area (Å²) < 4.78 is 0. The maximum absolute atomic E-state index is 3.54. The molecule has 0 saturated carbocycles. The minimum absolute atomic E-state index is 0.602. The van der Waals surface area contributed by atoms with Crippen LogP contribution in [0.15, 0.2) is 24.3 Å². The molecule has 0 aliphatic carbocycles. The van der Waals surface area contributed by atoms with Crippen molar-refractivity contribution in [3.63, 3.8) is 0 Å². The zero-order chi connectivity index (χ0) is 14.3. The van der Waals surface area contributed by atoms with Gasteiger partial charge in [-0.15, -0.1) is 0 Å². The van der Waals surface area contributed by atoms with Crippen molar-refractivity contribution in [1.82, 2.24) is 15.2 Å². The third-order valence-corrected chi connectivity index (χ3v) is 5.59. The minimum atomic E-state index is 0.602. The van der Waals surface area contributed by atoms with Gasteiger partial charge in [-0.25, -0.2) is 0 Å². The Kier molecular flexibility index (Phi) is 3.27. The fraction of sp³-hybridized carbons (Fsp3) is 0.556. The Morgan fingerprint density at radius 1 is 1.14 bits per heavy atom. The van der Waals surface area contributed by atoms with Gasteiger partial charge in [0.15, 0.2) is 0 Å². The molecule has 0 radical (unpaired) electrons. The first kappa shape index (κ1) is 13.4. The Labute approximate surface area is 126 Å². The normalized spacial score (nSPS) is 22.3. The number of H-pyrrole nitrogens is 1. The first-order chi connectivity index (χ1) is 10.3. The number of rotatable bonds is 2. The predicted molar refractivity (Wildman–Crippen MR) is 87.5 cm³/mol. The van der Waals surface area contributed by atoms with Crippen LogP contribution in [0.3, 0.4) is 0 Å². The third-order valence-electron chi connectivity index (χ3n) is 5.59. The maximum Gasteiger partial charge on any atom is 0.0459 e. The zero-order valence-electron chi connectivity index (χ0n) is 12.9. The number of piperidine rings is 1. The Morgan fingerprint density at radius 3 is 2.81 bits per heavy atom. The van der Waals surface area contributed by atoms with Crippen molar-refractivity contribution in [2.24, 2.45) is 5.41 Å². The Hall–Kier alpha value is -1.32. The highest BCUT2D eigenvalue weighted by molar-refractivity contribution is 5.84. The fourth-order valence-electron chi connectivity index (χ4n) is 4.29. The summed E-state index contributed by atoms with van der Waals surface area (Å²) in [6.07, 6.45) is 4.10. The molecule has 3 heterocycles. The van der Waals surface area contributed by atoms with Gasteiger partial charge in [-0.2, -0.15) is 0 Å². The molecular weight excluding hydrogens is 258 g/mol. The van der Waals surface area contributed by atoms with Crippen molar-refractivity contribution in [3.05, 3.63) is 35.5 Å². The molecule has 1 aromatic carbocycles. The lowest BCUT2D eigenvalue weighted by molar-refractivity contribution is 0.194. The average molecular weight is 283 g/mol. The molecule has 4 rings (SSSR count). The lowest BCUT2D eigenvalue weighted by atomic mass is 9.78. The summed E-state index contributed by atoms with van der Waals surface area (Å²) in [6, 6.07) is 8.70. The second-order valence-electron chi connectivity index (χ2n) is 6.98. The molecule has 21 heavy (non-hydrogen) atoms. The van der Waals surface area contributed by atoms with Gasteiger partial charge in [0.05, 0.1) is 0 Å². The average Bonchev–Trinajstić information content (AvgIpc) is 3.03. The second kappa shape index (κ2) is 5.15. The molecule has 3 nitrogen and oxygen atoms in total. The molecule has 2 N–H and O–H groups in total. The van der Waals surface area contributed by atoms with Crippen LogP contribution < -0.4 is 5.32 Å². The number of benzene rings is 1. The van der Waals surface area contributed by atoms with Gasteiger partial charge < -0.3 is 10.3 Å². The molecule has 0 amide bonds. The summed E-state index contributed by atoms with van der Waals surface area (Å²) in [5.41, 5.74) is 4.71. The first-order valence-electron chi connectivity index (χ1n) is 8.25. The number of hydrogen-bond donors (Lipinski definition) is 2. The van der Waals surface area contributed by atoms with E-state index in [9.17, 15) is 0 Å². The summed E-state index contributed by atoms with van der Waals surface area (Å²) in [5, 5.41) is 4.91. The SMILES string of the molecule is Cc1[nH]c2ccccc2c1CN1CCC2(CCNCC2)C1. The minimum Gasteiger partial charge on any atom is -0.358 e. The van der Waals surface area contributed by atoms with E-state index in [2.05, 4.69) is 46.4 Å². The van der Waals surface area contributed by atoms with Crippen molar-refractivity contribution in [3.8, 4) is 0 Å². The van der Waals surface area contributed by atoms with Crippen molar-refractivity contribution in [2.45, 2.75) is 32.7 Å². The maximum atomic E-state index is 3.54. The number of fused-ring (bicyclic) bond motifs is 1. The van der Waals surface area contributed by atoms with Gasteiger partial charge in [0.2, 0.25) is 0 Å². The van der Waals surface area contributed by atoms with Crippen molar-refractivity contribution in [1.29, 1.82) is 0 Å². The first-order valence-corrected chi connectivity index (χ1v) is 8.25. The van der Waals surface area contributed by atoms with Crippen LogP contribution in [0, 0.1) is 12.3 Å². The van der Waals surface area contributed by atoms with E-state index < -0.39 is 0 Å². The molecule has 2 aliphatic heterocycles. The summed E-state index contributed by atoms with van der Waals surface area (Å²) in [5.74, 6) is 0. The molecule has 1 spiro atoms. The molecule has 0 atom stereocenters. The van der Waals surface area contributed by atoms with Crippen LogP contribution in [-0.4, -0.2) is 36.1 Å². The Bertz CT molecular complexity index is 637. The standard InChI is InChI=1S/C18H25N3/c1-14-16(15-4-2-3-5-17(15)20-14)12-21-11-8-18(13-21)6-9-19-10-7-18/h2-5,19-20H,6-13H2,1H3. The monoisotopic (exact) mass is 283 g/mol. The lowest BCUT2D eigenvalue weighted by Gasteiger charge is -2.34. The van der Waals surface area contributed by atoms with Crippen molar-refractivity contribution in [2.75, 3.05) is 26.2 Å². The topological polar surface area (TPSA) is 31.1 Å². The quantitative estimate of drug-likeness (QED) is 0.887. The third kappa shape index (κ3) is 2.39. The van der Waals surface area contributed by atoms with Gasteiger partial charge >= 0.3 is 0 Å². The number of likely N-dealkylation sites (tertiary alicyclic amines) is 1. The van der Waals surface area contributed by atoms with E-state index in [-0.39, 0.29) is 0 Å². The second-order valence-corrected chi connectivity index (χ2v) is 6.98. The largest absolute Gasteiger partial charge is 0.358 e. The van der Waals surface area contributed by atoms with E-state index in [1.165, 1.54) is 67.6 Å². The fourth-order valence-corrected chi connectivity index (χ4v) is 4.29. The molecular formula is C18H25N3.